The predicted molar refractivity (Wildman–Crippen MR) is 161 cm³/mol. The summed E-state index contributed by atoms with van der Waals surface area (Å²) in [6.45, 7) is 9.62. The highest BCUT2D eigenvalue weighted by Crippen LogP contribution is 2.44. The zero-order valence-corrected chi connectivity index (χ0v) is 25.7. The smallest absolute Gasteiger partial charge is 0.410 e. The van der Waals surface area contributed by atoms with Gasteiger partial charge in [-0.2, -0.15) is 0 Å². The molecule has 4 rings (SSSR count). The van der Waals surface area contributed by atoms with Gasteiger partial charge >= 0.3 is 18.2 Å². The fraction of sp³-hybridized carbons (Fsp3) is 0.515. The fourth-order valence-electron chi connectivity index (χ4n) is 5.56. The molecule has 1 heterocycles. The van der Waals surface area contributed by atoms with Gasteiger partial charge in [0.05, 0.1) is 6.10 Å². The number of hydrogen-bond donors (Lipinski definition) is 2. The molecule has 1 saturated heterocycles. The van der Waals surface area contributed by atoms with E-state index in [0.29, 0.717) is 25.8 Å². The molecule has 0 spiro atoms. The largest absolute Gasteiger partial charge is 0.461 e. The number of ether oxygens (including phenoxy) is 3. The molecule has 3 amide bonds. The first-order chi connectivity index (χ1) is 20.4. The summed E-state index contributed by atoms with van der Waals surface area (Å²) in [5.41, 5.74) is 3.88. The standard InChI is InChI=1S/C33H43N3O7/c1-21(2)42-30(38)27(35-29(37)28-17-11-19-36(28)32(40)43-33(3,4)5)16-10-18-34-31(39)41-20-26-24-14-8-6-12-22(24)23-13-7-9-15-25(23)26/h6-9,12-15,21,26-28H,10-11,16-20H2,1-5H3,(H,34,39)(H,35,37)/t27-,28?/m0/s1. The van der Waals surface area contributed by atoms with Crippen LogP contribution in [0.1, 0.15) is 77.3 Å². The average Bonchev–Trinajstić information content (AvgIpc) is 3.56. The number of rotatable bonds is 10. The molecule has 1 fully saturated rings. The minimum atomic E-state index is -0.930. The summed E-state index contributed by atoms with van der Waals surface area (Å²) >= 11 is 0. The molecule has 0 aromatic heterocycles. The number of benzene rings is 2. The number of hydrogen-bond acceptors (Lipinski definition) is 7. The molecule has 1 aliphatic heterocycles. The third-order valence-corrected chi connectivity index (χ3v) is 7.42. The van der Waals surface area contributed by atoms with E-state index in [1.54, 1.807) is 34.6 Å². The Hall–Kier alpha value is -4.08. The number of esters is 1. The minimum absolute atomic E-state index is 0.0422. The molecule has 232 valence electrons. The van der Waals surface area contributed by atoms with Crippen LogP contribution < -0.4 is 10.6 Å². The summed E-state index contributed by atoms with van der Waals surface area (Å²) in [7, 11) is 0. The monoisotopic (exact) mass is 593 g/mol. The second-order valence-corrected chi connectivity index (χ2v) is 12.3. The third kappa shape index (κ3) is 8.27. The number of nitrogens with one attached hydrogen (secondary N) is 2. The Morgan fingerprint density at radius 3 is 2.21 bits per heavy atom. The SMILES string of the molecule is CC(C)OC(=O)[C@H](CCCNC(=O)OCC1c2ccccc2-c2ccccc21)NC(=O)C1CCCN1C(=O)OC(C)(C)C. The van der Waals surface area contributed by atoms with Crippen molar-refractivity contribution in [2.75, 3.05) is 19.7 Å². The lowest BCUT2D eigenvalue weighted by molar-refractivity contribution is -0.152. The van der Waals surface area contributed by atoms with Crippen LogP contribution in [0.4, 0.5) is 9.59 Å². The van der Waals surface area contributed by atoms with Crippen LogP contribution in [0.5, 0.6) is 0 Å². The van der Waals surface area contributed by atoms with Gasteiger partial charge in [0.2, 0.25) is 5.91 Å². The van der Waals surface area contributed by atoms with E-state index in [9.17, 15) is 19.2 Å². The van der Waals surface area contributed by atoms with E-state index >= 15 is 0 Å². The lowest BCUT2D eigenvalue weighted by Crippen LogP contribution is -2.52. The molecule has 1 aliphatic carbocycles. The number of carbonyl (C=O) groups is 4. The molecular formula is C33H43N3O7. The van der Waals surface area contributed by atoms with Crippen molar-refractivity contribution < 1.29 is 33.4 Å². The highest BCUT2D eigenvalue weighted by Gasteiger charge is 2.38. The van der Waals surface area contributed by atoms with Crippen LogP contribution in [0.2, 0.25) is 0 Å². The van der Waals surface area contributed by atoms with Gasteiger partial charge < -0.3 is 24.8 Å². The van der Waals surface area contributed by atoms with Gasteiger partial charge in [0.25, 0.3) is 0 Å². The van der Waals surface area contributed by atoms with E-state index in [2.05, 4.69) is 34.9 Å². The summed E-state index contributed by atoms with van der Waals surface area (Å²) in [5.74, 6) is -1.04. The van der Waals surface area contributed by atoms with E-state index in [1.807, 2.05) is 24.3 Å². The van der Waals surface area contributed by atoms with Gasteiger partial charge in [-0.05, 0) is 82.6 Å². The molecule has 10 heteroatoms. The third-order valence-electron chi connectivity index (χ3n) is 7.42. The first-order valence-corrected chi connectivity index (χ1v) is 15.0. The zero-order valence-electron chi connectivity index (χ0n) is 25.7. The Morgan fingerprint density at radius 2 is 1.60 bits per heavy atom. The summed E-state index contributed by atoms with van der Waals surface area (Å²) in [6, 6.07) is 14.6. The lowest BCUT2D eigenvalue weighted by Gasteiger charge is -2.29. The van der Waals surface area contributed by atoms with E-state index in [0.717, 1.165) is 22.3 Å². The van der Waals surface area contributed by atoms with Crippen molar-refractivity contribution in [3.8, 4) is 11.1 Å². The van der Waals surface area contributed by atoms with Crippen LogP contribution in [0.3, 0.4) is 0 Å². The van der Waals surface area contributed by atoms with Gasteiger partial charge in [-0.1, -0.05) is 48.5 Å². The summed E-state index contributed by atoms with van der Waals surface area (Å²) in [4.78, 5) is 52.6. The van der Waals surface area contributed by atoms with E-state index < -0.39 is 41.7 Å². The van der Waals surface area contributed by atoms with Crippen LogP contribution in [-0.4, -0.2) is 72.4 Å². The Labute approximate surface area is 253 Å². The van der Waals surface area contributed by atoms with Gasteiger partial charge in [0, 0.05) is 19.0 Å². The summed E-state index contributed by atoms with van der Waals surface area (Å²) in [5, 5.41) is 5.52. The molecular weight excluding hydrogens is 550 g/mol. The van der Waals surface area contributed by atoms with Crippen LogP contribution in [0.15, 0.2) is 48.5 Å². The number of alkyl carbamates (subject to hydrolysis) is 1. The van der Waals surface area contributed by atoms with E-state index in [-0.39, 0.29) is 31.6 Å². The van der Waals surface area contributed by atoms with Crippen molar-refractivity contribution in [2.24, 2.45) is 0 Å². The summed E-state index contributed by atoms with van der Waals surface area (Å²) < 4.78 is 16.4. The maximum atomic E-state index is 13.2. The Balaban J connectivity index is 1.28. The Morgan fingerprint density at radius 1 is 0.977 bits per heavy atom. The Bertz CT molecular complexity index is 1270. The van der Waals surface area contributed by atoms with E-state index in [1.165, 1.54) is 4.90 Å². The maximum Gasteiger partial charge on any atom is 0.410 e. The van der Waals surface area contributed by atoms with Crippen molar-refractivity contribution in [1.82, 2.24) is 15.5 Å². The molecule has 1 unspecified atom stereocenters. The quantitative estimate of drug-likeness (QED) is 0.222. The molecule has 0 bridgehead atoms. The highest BCUT2D eigenvalue weighted by atomic mass is 16.6. The van der Waals surface area contributed by atoms with Crippen molar-refractivity contribution in [2.45, 2.75) is 90.0 Å². The van der Waals surface area contributed by atoms with Crippen molar-refractivity contribution >= 4 is 24.1 Å². The molecule has 2 atom stereocenters. The lowest BCUT2D eigenvalue weighted by atomic mass is 9.98. The maximum absolute atomic E-state index is 13.2. The Kier molecular flexibility index (Phi) is 10.3. The molecule has 2 aromatic rings. The van der Waals surface area contributed by atoms with Gasteiger partial charge in [0.15, 0.2) is 0 Å². The average molecular weight is 594 g/mol. The molecule has 43 heavy (non-hydrogen) atoms. The first-order valence-electron chi connectivity index (χ1n) is 15.0. The molecule has 0 radical (unpaired) electrons. The minimum Gasteiger partial charge on any atom is -0.461 e. The van der Waals surface area contributed by atoms with Crippen LogP contribution in [0, 0.1) is 0 Å². The predicted octanol–water partition coefficient (Wildman–Crippen LogP) is 5.14. The van der Waals surface area contributed by atoms with Crippen LogP contribution in [-0.2, 0) is 23.8 Å². The number of amides is 3. The van der Waals surface area contributed by atoms with E-state index in [4.69, 9.17) is 14.2 Å². The van der Waals surface area contributed by atoms with Gasteiger partial charge in [0.1, 0.15) is 24.3 Å². The van der Waals surface area contributed by atoms with Gasteiger partial charge in [-0.25, -0.2) is 14.4 Å². The molecule has 2 aromatic carbocycles. The molecule has 2 N–H and O–H groups in total. The number of carbonyl (C=O) groups excluding carboxylic acids is 4. The molecule has 0 saturated carbocycles. The summed E-state index contributed by atoms with van der Waals surface area (Å²) in [6.07, 6.45) is 0.284. The van der Waals surface area contributed by atoms with Crippen LogP contribution in [0.25, 0.3) is 11.1 Å². The van der Waals surface area contributed by atoms with Crippen LogP contribution >= 0.6 is 0 Å². The van der Waals surface area contributed by atoms with Gasteiger partial charge in [-0.15, -0.1) is 0 Å². The first kappa shape index (κ1) is 31.8. The second kappa shape index (κ2) is 13.9. The highest BCUT2D eigenvalue weighted by molar-refractivity contribution is 5.90. The van der Waals surface area contributed by atoms with Crippen molar-refractivity contribution in [3.05, 3.63) is 59.7 Å². The second-order valence-electron chi connectivity index (χ2n) is 12.3. The molecule has 2 aliphatic rings. The zero-order chi connectivity index (χ0) is 31.1. The number of nitrogens with zero attached hydrogens (tertiary/aromatic N) is 1. The molecule has 10 nitrogen and oxygen atoms in total. The van der Waals surface area contributed by atoms with Crippen molar-refractivity contribution in [1.29, 1.82) is 0 Å². The van der Waals surface area contributed by atoms with Gasteiger partial charge in [-0.3, -0.25) is 9.69 Å². The number of likely N-dealkylation sites (tertiary alicyclic amines) is 1. The number of fused-ring (bicyclic) bond motifs is 3. The normalized spacial score (nSPS) is 16.7. The van der Waals surface area contributed by atoms with Crippen molar-refractivity contribution in [3.63, 3.8) is 0 Å². The topological polar surface area (TPSA) is 123 Å². The fourth-order valence-corrected chi connectivity index (χ4v) is 5.56.